The molecule has 2 rings (SSSR count). The Morgan fingerprint density at radius 1 is 1.41 bits per heavy atom. The van der Waals surface area contributed by atoms with Crippen LogP contribution in [-0.4, -0.2) is 51.9 Å². The second kappa shape index (κ2) is 7.17. The summed E-state index contributed by atoms with van der Waals surface area (Å²) in [6.07, 6.45) is 3.75. The van der Waals surface area contributed by atoms with E-state index in [9.17, 15) is 13.6 Å². The Bertz CT molecular complexity index is 495. The molecule has 22 heavy (non-hydrogen) atoms. The second-order valence-electron chi connectivity index (χ2n) is 6.45. The van der Waals surface area contributed by atoms with Crippen LogP contribution >= 0.6 is 0 Å². The molecule has 2 heterocycles. The van der Waals surface area contributed by atoms with E-state index in [2.05, 4.69) is 18.8 Å². The minimum Gasteiger partial charge on any atom is -0.341 e. The number of hydrogen-bond acceptors (Lipinski definition) is 3. The molecule has 1 aliphatic rings. The van der Waals surface area contributed by atoms with Crippen LogP contribution in [0.15, 0.2) is 12.4 Å². The fourth-order valence-electron chi connectivity index (χ4n) is 3.14. The number of likely N-dealkylation sites (tertiary alicyclic amines) is 1. The van der Waals surface area contributed by atoms with Crippen LogP contribution in [0.1, 0.15) is 32.6 Å². The summed E-state index contributed by atoms with van der Waals surface area (Å²) in [6.45, 7) is 3.70. The number of carbonyl (C=O) groups is 1. The Labute approximate surface area is 129 Å². The van der Waals surface area contributed by atoms with Gasteiger partial charge in [-0.15, -0.1) is 0 Å². The Balaban J connectivity index is 1.89. The van der Waals surface area contributed by atoms with Gasteiger partial charge < -0.3 is 4.90 Å². The first-order valence-corrected chi connectivity index (χ1v) is 7.63. The van der Waals surface area contributed by atoms with E-state index >= 15 is 0 Å². The van der Waals surface area contributed by atoms with E-state index in [1.165, 1.54) is 12.4 Å². The normalized spacial score (nSPS) is 22.6. The zero-order chi connectivity index (χ0) is 16.3. The Hall–Kier alpha value is -1.50. The molecule has 0 bridgehead atoms. The van der Waals surface area contributed by atoms with Crippen molar-refractivity contribution in [1.82, 2.24) is 19.4 Å². The first-order chi connectivity index (χ1) is 10.4. The minimum absolute atomic E-state index is 0.0519. The van der Waals surface area contributed by atoms with Gasteiger partial charge in [0.2, 0.25) is 5.91 Å². The smallest absolute Gasteiger partial charge is 0.319 e. The van der Waals surface area contributed by atoms with E-state index in [-0.39, 0.29) is 24.8 Å². The predicted molar refractivity (Wildman–Crippen MR) is 79.3 cm³/mol. The fraction of sp³-hybridized carbons (Fsp3) is 0.733. The van der Waals surface area contributed by atoms with Crippen molar-refractivity contribution in [2.45, 2.75) is 33.4 Å². The molecule has 1 aromatic heterocycles. The highest BCUT2D eigenvalue weighted by Crippen LogP contribution is 2.21. The predicted octanol–water partition coefficient (Wildman–Crippen LogP) is 2.21. The average molecular weight is 314 g/mol. The molecule has 124 valence electrons. The van der Waals surface area contributed by atoms with Crippen molar-refractivity contribution >= 4 is 5.91 Å². The van der Waals surface area contributed by atoms with E-state index < -0.39 is 6.55 Å². The van der Waals surface area contributed by atoms with Crippen LogP contribution in [0.2, 0.25) is 0 Å². The van der Waals surface area contributed by atoms with Gasteiger partial charge in [0.25, 0.3) is 0 Å². The van der Waals surface area contributed by atoms with Gasteiger partial charge in [0.05, 0.1) is 13.1 Å². The van der Waals surface area contributed by atoms with Gasteiger partial charge in [0.15, 0.2) is 0 Å². The number of piperidine rings is 1. The SMILES string of the molecule is CC1CC(C)CN(C(=O)CN(C)Cc2nccn2C(F)F)C1. The zero-order valence-electron chi connectivity index (χ0n) is 13.4. The molecular weight excluding hydrogens is 290 g/mol. The lowest BCUT2D eigenvalue weighted by atomic mass is 9.92. The van der Waals surface area contributed by atoms with Gasteiger partial charge >= 0.3 is 6.55 Å². The molecule has 5 nitrogen and oxygen atoms in total. The van der Waals surface area contributed by atoms with Crippen molar-refractivity contribution in [3.63, 3.8) is 0 Å². The maximum atomic E-state index is 12.8. The van der Waals surface area contributed by atoms with Gasteiger partial charge in [-0.1, -0.05) is 13.8 Å². The molecule has 1 aliphatic heterocycles. The summed E-state index contributed by atoms with van der Waals surface area (Å²) >= 11 is 0. The summed E-state index contributed by atoms with van der Waals surface area (Å²) in [5, 5.41) is 0. The summed E-state index contributed by atoms with van der Waals surface area (Å²) in [4.78, 5) is 19.9. The monoisotopic (exact) mass is 314 g/mol. The maximum absolute atomic E-state index is 12.8. The van der Waals surface area contributed by atoms with Crippen molar-refractivity contribution in [3.05, 3.63) is 18.2 Å². The lowest BCUT2D eigenvalue weighted by molar-refractivity contribution is -0.134. The van der Waals surface area contributed by atoms with Crippen LogP contribution in [0.4, 0.5) is 8.78 Å². The molecule has 0 spiro atoms. The number of nitrogens with zero attached hydrogens (tertiary/aromatic N) is 4. The van der Waals surface area contributed by atoms with Crippen LogP contribution in [0.3, 0.4) is 0 Å². The molecule has 1 fully saturated rings. The molecule has 1 amide bonds. The highest BCUT2D eigenvalue weighted by molar-refractivity contribution is 5.78. The van der Waals surface area contributed by atoms with Crippen LogP contribution < -0.4 is 0 Å². The Morgan fingerprint density at radius 3 is 2.64 bits per heavy atom. The zero-order valence-corrected chi connectivity index (χ0v) is 13.4. The summed E-state index contributed by atoms with van der Waals surface area (Å²) in [7, 11) is 1.75. The van der Waals surface area contributed by atoms with E-state index in [4.69, 9.17) is 0 Å². The van der Waals surface area contributed by atoms with Crippen LogP contribution in [0, 0.1) is 11.8 Å². The summed E-state index contributed by atoms with van der Waals surface area (Å²) in [5.41, 5.74) is 0. The molecule has 0 radical (unpaired) electrons. The topological polar surface area (TPSA) is 41.4 Å². The number of amides is 1. The lowest BCUT2D eigenvalue weighted by Crippen LogP contribution is -2.46. The maximum Gasteiger partial charge on any atom is 0.319 e. The third-order valence-electron chi connectivity index (χ3n) is 4.00. The van der Waals surface area contributed by atoms with Crippen molar-refractivity contribution in [2.75, 3.05) is 26.7 Å². The molecule has 7 heteroatoms. The quantitative estimate of drug-likeness (QED) is 0.837. The lowest BCUT2D eigenvalue weighted by Gasteiger charge is -2.35. The second-order valence-corrected chi connectivity index (χ2v) is 6.45. The molecule has 1 aromatic rings. The number of halogens is 2. The molecule has 0 aromatic carbocycles. The largest absolute Gasteiger partial charge is 0.341 e. The minimum atomic E-state index is -2.61. The third-order valence-corrected chi connectivity index (χ3v) is 4.00. The molecular formula is C15H24F2N4O. The Morgan fingerprint density at radius 2 is 2.05 bits per heavy atom. The molecule has 0 N–H and O–H groups in total. The van der Waals surface area contributed by atoms with Crippen molar-refractivity contribution in [3.8, 4) is 0 Å². The number of carbonyl (C=O) groups excluding carboxylic acids is 1. The van der Waals surface area contributed by atoms with E-state index in [1.54, 1.807) is 11.9 Å². The first-order valence-electron chi connectivity index (χ1n) is 7.63. The van der Waals surface area contributed by atoms with Crippen molar-refractivity contribution in [2.24, 2.45) is 11.8 Å². The average Bonchev–Trinajstić information content (AvgIpc) is 2.85. The third kappa shape index (κ3) is 4.25. The van der Waals surface area contributed by atoms with Gasteiger partial charge in [0, 0.05) is 25.5 Å². The highest BCUT2D eigenvalue weighted by atomic mass is 19.3. The summed E-state index contributed by atoms with van der Waals surface area (Å²) in [5.74, 6) is 1.34. The van der Waals surface area contributed by atoms with E-state index in [0.717, 1.165) is 24.1 Å². The fourth-order valence-corrected chi connectivity index (χ4v) is 3.14. The highest BCUT2D eigenvalue weighted by Gasteiger charge is 2.26. The molecule has 2 atom stereocenters. The van der Waals surface area contributed by atoms with E-state index in [1.807, 2.05) is 4.90 Å². The first kappa shape index (κ1) is 16.9. The van der Waals surface area contributed by atoms with Crippen molar-refractivity contribution in [1.29, 1.82) is 0 Å². The van der Waals surface area contributed by atoms with Gasteiger partial charge in [0.1, 0.15) is 5.82 Å². The van der Waals surface area contributed by atoms with Gasteiger partial charge in [-0.25, -0.2) is 4.98 Å². The number of rotatable bonds is 5. The number of imidazole rings is 1. The van der Waals surface area contributed by atoms with Gasteiger partial charge in [-0.2, -0.15) is 8.78 Å². The summed E-state index contributed by atoms with van der Waals surface area (Å²) in [6, 6.07) is 0. The Kier molecular flexibility index (Phi) is 5.50. The standard InChI is InChI=1S/C15H24F2N4O/c1-11-6-12(2)8-20(7-11)14(22)10-19(3)9-13-18-4-5-21(13)15(16)17/h4-5,11-12,15H,6-10H2,1-3H3. The van der Waals surface area contributed by atoms with Crippen LogP contribution in [0.25, 0.3) is 0 Å². The molecule has 1 saturated heterocycles. The van der Waals surface area contributed by atoms with Crippen molar-refractivity contribution < 1.29 is 13.6 Å². The number of alkyl halides is 2. The molecule has 0 saturated carbocycles. The number of hydrogen-bond donors (Lipinski definition) is 0. The van der Waals surface area contributed by atoms with Crippen LogP contribution in [0.5, 0.6) is 0 Å². The molecule has 2 unspecified atom stereocenters. The number of aromatic nitrogens is 2. The van der Waals surface area contributed by atoms with E-state index in [0.29, 0.717) is 11.8 Å². The summed E-state index contributed by atoms with van der Waals surface area (Å²) < 4.78 is 26.4. The van der Waals surface area contributed by atoms with Crippen LogP contribution in [-0.2, 0) is 11.3 Å². The van der Waals surface area contributed by atoms with Gasteiger partial charge in [-0.05, 0) is 25.3 Å². The number of likely N-dealkylation sites (N-methyl/N-ethyl adjacent to an activating group) is 1. The van der Waals surface area contributed by atoms with Gasteiger partial charge in [-0.3, -0.25) is 14.3 Å². The molecule has 0 aliphatic carbocycles.